The molecule has 0 aliphatic carbocycles. The molecule has 63 heavy (non-hydrogen) atoms. The van der Waals surface area contributed by atoms with Crippen LogP contribution in [0.1, 0.15) is 59.4 Å². The second kappa shape index (κ2) is 26.8. The van der Waals surface area contributed by atoms with E-state index in [1.54, 1.807) is 13.8 Å². The number of primary amides is 1. The topological polar surface area (TPSA) is 420 Å². The van der Waals surface area contributed by atoms with Crippen LogP contribution in [0.2, 0.25) is 0 Å². The lowest BCUT2D eigenvalue weighted by molar-refractivity contribution is -0.143. The third-order valence-electron chi connectivity index (χ3n) is 8.95. The number of carboxylic acid groups (broad SMARTS) is 1. The van der Waals surface area contributed by atoms with E-state index >= 15 is 0 Å². The maximum absolute atomic E-state index is 13.6. The second-order valence-corrected chi connectivity index (χ2v) is 15.1. The van der Waals surface area contributed by atoms with Crippen LogP contribution in [0.5, 0.6) is 5.75 Å². The van der Waals surface area contributed by atoms with Gasteiger partial charge in [-0.2, -0.15) is 0 Å². The summed E-state index contributed by atoms with van der Waals surface area (Å²) in [6.45, 7) is 4.60. The van der Waals surface area contributed by atoms with E-state index in [4.69, 9.17) is 11.5 Å². The Hall–Kier alpha value is -6.44. The van der Waals surface area contributed by atoms with Crippen molar-refractivity contribution in [2.45, 2.75) is 115 Å². The Kier molecular flexibility index (Phi) is 23.2. The second-order valence-electron chi connectivity index (χ2n) is 15.1. The number of carboxylic acids is 1. The van der Waals surface area contributed by atoms with Gasteiger partial charge in [0.25, 0.3) is 0 Å². The maximum Gasteiger partial charge on any atom is 0.326 e. The van der Waals surface area contributed by atoms with Crippen LogP contribution in [-0.2, 0) is 54.4 Å². The number of nitrogens with one attached hydrogen (secondary N) is 8. The van der Waals surface area contributed by atoms with Crippen LogP contribution in [0.15, 0.2) is 24.3 Å². The molecule has 1 rings (SSSR count). The number of phenolic OH excluding ortho intramolecular Hbond substituents is 1. The fraction of sp³-hybridized carbons (Fsp3) is 0.579. The van der Waals surface area contributed by atoms with Gasteiger partial charge in [0, 0.05) is 12.8 Å². The first kappa shape index (κ1) is 54.6. The Bertz CT molecular complexity index is 1780. The van der Waals surface area contributed by atoms with Crippen LogP contribution >= 0.6 is 0 Å². The average Bonchev–Trinajstić information content (AvgIpc) is 3.20. The highest BCUT2D eigenvalue weighted by atomic mass is 16.4. The minimum atomic E-state index is -1.74. The van der Waals surface area contributed by atoms with Gasteiger partial charge in [0.15, 0.2) is 0 Å². The summed E-state index contributed by atoms with van der Waals surface area (Å²) < 4.78 is 0. The summed E-state index contributed by atoms with van der Waals surface area (Å²) in [5.41, 5.74) is 11.3. The van der Waals surface area contributed by atoms with Gasteiger partial charge in [-0.15, -0.1) is 0 Å². The number of hydrogen-bond donors (Lipinski definition) is 15. The van der Waals surface area contributed by atoms with E-state index in [1.807, 2.05) is 0 Å². The zero-order chi connectivity index (χ0) is 48.1. The first-order valence-corrected chi connectivity index (χ1v) is 19.7. The van der Waals surface area contributed by atoms with E-state index in [0.717, 1.165) is 6.92 Å². The first-order chi connectivity index (χ1) is 29.4. The molecule has 0 heterocycles. The van der Waals surface area contributed by atoms with E-state index in [-0.39, 0.29) is 37.4 Å². The normalized spacial score (nSPS) is 15.3. The summed E-state index contributed by atoms with van der Waals surface area (Å²) in [4.78, 5) is 125. The SMILES string of the molecule is CC(C)C[C@H](NC(=O)[C@H](CO)NC(=O)[C@H](C)NC(=O)CNC(=O)CNC(=O)[C@@H](NC(=O)[C@H](Cc1ccc(O)cc1)NC(=O)[C@@H](NC(=O)[C@@H](N)CCC(N)=O)[C@@H](C)O)[C@@H](C)O)C(=O)O. The monoisotopic (exact) mass is 896 g/mol. The van der Waals surface area contributed by atoms with Crippen LogP contribution < -0.4 is 54.0 Å². The molecule has 1 aromatic carbocycles. The number of rotatable bonds is 27. The van der Waals surface area contributed by atoms with E-state index in [2.05, 4.69) is 42.5 Å². The van der Waals surface area contributed by atoms with Crippen LogP contribution in [-0.4, -0.2) is 159 Å². The molecule has 0 aliphatic heterocycles. The van der Waals surface area contributed by atoms with Gasteiger partial charge in [0.1, 0.15) is 42.0 Å². The average molecular weight is 897 g/mol. The maximum atomic E-state index is 13.6. The van der Waals surface area contributed by atoms with Crippen molar-refractivity contribution in [3.05, 3.63) is 29.8 Å². The third kappa shape index (κ3) is 20.3. The van der Waals surface area contributed by atoms with E-state index in [0.29, 0.717) is 5.56 Å². The smallest absolute Gasteiger partial charge is 0.326 e. The molecular weight excluding hydrogens is 836 g/mol. The summed E-state index contributed by atoms with van der Waals surface area (Å²) in [6, 6.07) is -4.97. The van der Waals surface area contributed by atoms with Gasteiger partial charge in [-0.3, -0.25) is 43.2 Å². The number of amides is 9. The molecule has 1 aromatic rings. The van der Waals surface area contributed by atoms with Crippen molar-refractivity contribution < 1.29 is 73.5 Å². The fourth-order valence-corrected chi connectivity index (χ4v) is 5.42. The molecule has 0 saturated heterocycles. The van der Waals surface area contributed by atoms with Crippen LogP contribution in [0.25, 0.3) is 0 Å². The van der Waals surface area contributed by atoms with Crippen molar-refractivity contribution in [1.82, 2.24) is 42.5 Å². The molecule has 352 valence electrons. The van der Waals surface area contributed by atoms with Gasteiger partial charge in [0.2, 0.25) is 53.2 Å². The highest BCUT2D eigenvalue weighted by Gasteiger charge is 2.34. The van der Waals surface area contributed by atoms with Gasteiger partial charge in [-0.25, -0.2) is 4.79 Å². The molecule has 0 bridgehead atoms. The Morgan fingerprint density at radius 1 is 0.619 bits per heavy atom. The molecule has 25 nitrogen and oxygen atoms in total. The number of aliphatic carboxylic acids is 1. The number of carbonyl (C=O) groups is 10. The van der Waals surface area contributed by atoms with Gasteiger partial charge >= 0.3 is 5.97 Å². The number of aliphatic hydroxyl groups excluding tert-OH is 3. The number of aromatic hydroxyl groups is 1. The highest BCUT2D eigenvalue weighted by Crippen LogP contribution is 2.13. The molecule has 0 radical (unpaired) electrons. The van der Waals surface area contributed by atoms with Crippen molar-refractivity contribution in [1.29, 1.82) is 0 Å². The van der Waals surface area contributed by atoms with Crippen LogP contribution in [0.3, 0.4) is 0 Å². The van der Waals surface area contributed by atoms with Gasteiger partial charge in [0.05, 0.1) is 37.9 Å². The Labute approximate surface area is 362 Å². The van der Waals surface area contributed by atoms with E-state index in [1.165, 1.54) is 38.1 Å². The van der Waals surface area contributed by atoms with E-state index in [9.17, 15) is 73.5 Å². The van der Waals surface area contributed by atoms with E-state index < -0.39 is 133 Å². The quantitative estimate of drug-likeness (QED) is 0.0390. The molecule has 9 atom stereocenters. The molecule has 9 amide bonds. The van der Waals surface area contributed by atoms with Gasteiger partial charge < -0.3 is 79.5 Å². The molecule has 0 saturated carbocycles. The molecule has 17 N–H and O–H groups in total. The Morgan fingerprint density at radius 2 is 1.13 bits per heavy atom. The first-order valence-electron chi connectivity index (χ1n) is 19.7. The van der Waals surface area contributed by atoms with Crippen molar-refractivity contribution in [2.75, 3.05) is 19.7 Å². The van der Waals surface area contributed by atoms with Crippen molar-refractivity contribution in [3.63, 3.8) is 0 Å². The third-order valence-corrected chi connectivity index (χ3v) is 8.95. The number of benzene rings is 1. The molecular formula is C38H60N10O15. The number of nitrogens with two attached hydrogens (primary N) is 2. The minimum Gasteiger partial charge on any atom is -0.508 e. The molecule has 0 aromatic heterocycles. The van der Waals surface area contributed by atoms with Gasteiger partial charge in [-0.05, 0) is 57.2 Å². The van der Waals surface area contributed by atoms with Crippen molar-refractivity contribution in [3.8, 4) is 5.75 Å². The summed E-state index contributed by atoms with van der Waals surface area (Å²) in [7, 11) is 0. The van der Waals surface area contributed by atoms with Gasteiger partial charge in [-0.1, -0.05) is 26.0 Å². The molecule has 25 heteroatoms. The number of hydrogen-bond acceptors (Lipinski definition) is 15. The molecule has 0 fully saturated rings. The Balaban J connectivity index is 2.92. The summed E-state index contributed by atoms with van der Waals surface area (Å²) in [6.07, 6.45) is -3.74. The molecule has 0 unspecified atom stereocenters. The lowest BCUT2D eigenvalue weighted by Crippen LogP contribution is -2.61. The molecule has 0 aliphatic rings. The zero-order valence-corrected chi connectivity index (χ0v) is 35.5. The standard InChI is InChI=1S/C38H60N10O15/c1-17(2)12-25(38(62)63)45-35(59)26(16-49)46-32(56)18(3)43-29(55)15-41-28(54)14-42-36(60)30(19(4)50)48-34(58)24(13-21-6-8-22(52)9-7-21)44-37(61)31(20(5)51)47-33(57)23(39)10-11-27(40)53/h6-9,17-20,23-26,30-31,49-52H,10-16,39H2,1-5H3,(H2,40,53)(H,41,54)(H,42,60)(H,43,55)(H,44,61)(H,45,59)(H,46,56)(H,47,57)(H,48,58)(H,62,63)/t18-,19+,20+,23-,24-,25-,26-,30-,31-/m0/s1. The van der Waals surface area contributed by atoms with Crippen LogP contribution in [0.4, 0.5) is 0 Å². The largest absolute Gasteiger partial charge is 0.508 e. The zero-order valence-electron chi connectivity index (χ0n) is 35.5. The number of phenols is 1. The summed E-state index contributed by atoms with van der Waals surface area (Å²) in [5, 5.41) is 67.4. The highest BCUT2D eigenvalue weighted by molar-refractivity contribution is 5.97. The van der Waals surface area contributed by atoms with Crippen molar-refractivity contribution >= 4 is 59.1 Å². The lowest BCUT2D eigenvalue weighted by atomic mass is 10.0. The number of carbonyl (C=O) groups excluding carboxylic acids is 9. The minimum absolute atomic E-state index is 0.0784. The predicted octanol–water partition coefficient (Wildman–Crippen LogP) is -6.43. The fourth-order valence-electron chi connectivity index (χ4n) is 5.42. The Morgan fingerprint density at radius 3 is 1.65 bits per heavy atom. The summed E-state index contributed by atoms with van der Waals surface area (Å²) >= 11 is 0. The molecule has 0 spiro atoms. The summed E-state index contributed by atoms with van der Waals surface area (Å²) in [5.74, 6) is -10.1. The number of aliphatic hydroxyl groups is 3. The lowest BCUT2D eigenvalue weighted by Gasteiger charge is -2.27. The van der Waals surface area contributed by atoms with Crippen molar-refractivity contribution in [2.24, 2.45) is 17.4 Å². The predicted molar refractivity (Wildman–Crippen MR) is 219 cm³/mol. The van der Waals surface area contributed by atoms with Crippen LogP contribution in [0, 0.1) is 5.92 Å².